The number of carbonyl (C=O) groups excluding carboxylic acids is 1. The standard InChI is InChI=1S/C11H11N3O/c15-11-9(6-8-2-1-5-12-8)10(13-14-11)7-3-4-7/h1-2,5-7,12H,3-4H2,(H,14,15). The van der Waals surface area contributed by atoms with Crippen LogP contribution >= 0.6 is 0 Å². The third-order valence-electron chi connectivity index (χ3n) is 2.68. The number of rotatable bonds is 2. The highest BCUT2D eigenvalue weighted by molar-refractivity contribution is 6.28. The first-order chi connectivity index (χ1) is 7.34. The monoisotopic (exact) mass is 201 g/mol. The maximum absolute atomic E-state index is 11.5. The highest BCUT2D eigenvalue weighted by Gasteiger charge is 2.35. The second kappa shape index (κ2) is 3.08. The maximum atomic E-state index is 11.5. The molecule has 0 saturated heterocycles. The van der Waals surface area contributed by atoms with E-state index in [9.17, 15) is 4.79 Å². The van der Waals surface area contributed by atoms with Crippen LogP contribution < -0.4 is 5.43 Å². The zero-order valence-corrected chi connectivity index (χ0v) is 8.16. The molecule has 0 radical (unpaired) electrons. The first kappa shape index (κ1) is 8.47. The summed E-state index contributed by atoms with van der Waals surface area (Å²) in [5.41, 5.74) is 5.09. The van der Waals surface area contributed by atoms with Gasteiger partial charge in [0.1, 0.15) is 0 Å². The van der Waals surface area contributed by atoms with E-state index in [0.29, 0.717) is 11.5 Å². The van der Waals surface area contributed by atoms with Crippen molar-refractivity contribution >= 4 is 17.7 Å². The van der Waals surface area contributed by atoms with Gasteiger partial charge in [0.2, 0.25) is 0 Å². The van der Waals surface area contributed by atoms with E-state index >= 15 is 0 Å². The van der Waals surface area contributed by atoms with Crippen molar-refractivity contribution in [2.45, 2.75) is 12.8 Å². The van der Waals surface area contributed by atoms with Crippen LogP contribution in [-0.2, 0) is 4.79 Å². The van der Waals surface area contributed by atoms with Crippen LogP contribution in [0.3, 0.4) is 0 Å². The molecule has 0 atom stereocenters. The second-order valence-electron chi connectivity index (χ2n) is 3.90. The lowest BCUT2D eigenvalue weighted by molar-refractivity contribution is -0.116. The minimum Gasteiger partial charge on any atom is -0.362 e. The van der Waals surface area contributed by atoms with E-state index in [4.69, 9.17) is 0 Å². The Hall–Kier alpha value is -1.84. The molecule has 1 amide bonds. The molecule has 1 saturated carbocycles. The number of amides is 1. The second-order valence-corrected chi connectivity index (χ2v) is 3.90. The summed E-state index contributed by atoms with van der Waals surface area (Å²) >= 11 is 0. The minimum absolute atomic E-state index is 0.0912. The van der Waals surface area contributed by atoms with Crippen molar-refractivity contribution in [2.24, 2.45) is 11.0 Å². The number of aromatic amines is 1. The molecule has 1 aliphatic heterocycles. The summed E-state index contributed by atoms with van der Waals surface area (Å²) in [7, 11) is 0. The van der Waals surface area contributed by atoms with Crippen LogP contribution in [0.25, 0.3) is 6.08 Å². The minimum atomic E-state index is -0.0912. The highest BCUT2D eigenvalue weighted by atomic mass is 16.2. The molecule has 2 N–H and O–H groups in total. The normalized spacial score (nSPS) is 23.1. The molecular weight excluding hydrogens is 190 g/mol. The Morgan fingerprint density at radius 3 is 3.00 bits per heavy atom. The molecule has 2 aliphatic rings. The van der Waals surface area contributed by atoms with Gasteiger partial charge < -0.3 is 4.98 Å². The molecule has 1 fully saturated rings. The number of hydrazone groups is 1. The van der Waals surface area contributed by atoms with Crippen molar-refractivity contribution in [3.8, 4) is 0 Å². The van der Waals surface area contributed by atoms with E-state index in [1.54, 1.807) is 0 Å². The Balaban J connectivity index is 1.95. The third-order valence-corrected chi connectivity index (χ3v) is 2.68. The van der Waals surface area contributed by atoms with Crippen LogP contribution in [-0.4, -0.2) is 16.6 Å². The third kappa shape index (κ3) is 1.48. The van der Waals surface area contributed by atoms with E-state index in [-0.39, 0.29) is 5.91 Å². The average molecular weight is 201 g/mol. The molecule has 4 heteroatoms. The summed E-state index contributed by atoms with van der Waals surface area (Å²) in [6.45, 7) is 0. The van der Waals surface area contributed by atoms with Gasteiger partial charge in [-0.2, -0.15) is 5.10 Å². The summed E-state index contributed by atoms with van der Waals surface area (Å²) in [5, 5.41) is 4.08. The Morgan fingerprint density at radius 1 is 1.47 bits per heavy atom. The number of nitrogens with zero attached hydrogens (tertiary/aromatic N) is 1. The van der Waals surface area contributed by atoms with Crippen LogP contribution in [0, 0.1) is 5.92 Å². The van der Waals surface area contributed by atoms with Crippen LogP contribution in [0.5, 0.6) is 0 Å². The van der Waals surface area contributed by atoms with E-state index in [0.717, 1.165) is 24.2 Å². The molecule has 0 aromatic carbocycles. The number of hydrogen-bond donors (Lipinski definition) is 2. The van der Waals surface area contributed by atoms with Crippen LogP contribution in [0.2, 0.25) is 0 Å². The molecule has 1 aromatic rings. The van der Waals surface area contributed by atoms with Crippen LogP contribution in [0.1, 0.15) is 18.5 Å². The lowest BCUT2D eigenvalue weighted by atomic mass is 10.1. The van der Waals surface area contributed by atoms with E-state index in [1.807, 2.05) is 24.4 Å². The van der Waals surface area contributed by atoms with Gasteiger partial charge in [0.05, 0.1) is 11.3 Å². The fourth-order valence-electron chi connectivity index (χ4n) is 1.74. The fourth-order valence-corrected chi connectivity index (χ4v) is 1.74. The average Bonchev–Trinajstić information content (AvgIpc) is 2.82. The number of nitrogens with one attached hydrogen (secondary N) is 2. The summed E-state index contributed by atoms with van der Waals surface area (Å²) < 4.78 is 0. The summed E-state index contributed by atoms with van der Waals surface area (Å²) in [4.78, 5) is 14.6. The molecule has 0 unspecified atom stereocenters. The predicted octanol–water partition coefficient (Wildman–Crippen LogP) is 1.29. The van der Waals surface area contributed by atoms with Gasteiger partial charge in [0.15, 0.2) is 0 Å². The van der Waals surface area contributed by atoms with Gasteiger partial charge in [-0.15, -0.1) is 0 Å². The smallest absolute Gasteiger partial charge is 0.273 e. The first-order valence-electron chi connectivity index (χ1n) is 5.08. The lowest BCUT2D eigenvalue weighted by Crippen LogP contribution is -2.13. The van der Waals surface area contributed by atoms with E-state index in [1.165, 1.54) is 0 Å². The molecule has 76 valence electrons. The Morgan fingerprint density at radius 2 is 2.33 bits per heavy atom. The molecule has 4 nitrogen and oxygen atoms in total. The maximum Gasteiger partial charge on any atom is 0.273 e. The summed E-state index contributed by atoms with van der Waals surface area (Å²) in [6.07, 6.45) is 6.00. The number of carbonyl (C=O) groups is 1. The van der Waals surface area contributed by atoms with E-state index < -0.39 is 0 Å². The molecule has 2 heterocycles. The molecular formula is C11H11N3O. The number of hydrogen-bond acceptors (Lipinski definition) is 2. The molecule has 1 aliphatic carbocycles. The van der Waals surface area contributed by atoms with Crippen molar-refractivity contribution in [3.63, 3.8) is 0 Å². The van der Waals surface area contributed by atoms with Gasteiger partial charge >= 0.3 is 0 Å². The SMILES string of the molecule is O=C1NN=C(C2CC2)C1=Cc1ccc[nH]1. The van der Waals surface area contributed by atoms with Gasteiger partial charge in [-0.1, -0.05) is 0 Å². The first-order valence-corrected chi connectivity index (χ1v) is 5.08. The topological polar surface area (TPSA) is 57.2 Å². The van der Waals surface area contributed by atoms with Crippen molar-refractivity contribution in [3.05, 3.63) is 29.6 Å². The largest absolute Gasteiger partial charge is 0.362 e. The number of aromatic nitrogens is 1. The summed E-state index contributed by atoms with van der Waals surface area (Å²) in [6, 6.07) is 3.84. The zero-order chi connectivity index (χ0) is 10.3. The van der Waals surface area contributed by atoms with Crippen LogP contribution in [0.15, 0.2) is 29.0 Å². The quantitative estimate of drug-likeness (QED) is 0.696. The Bertz CT molecular complexity index is 452. The van der Waals surface area contributed by atoms with Gasteiger partial charge in [-0.25, -0.2) is 5.43 Å². The highest BCUT2D eigenvalue weighted by Crippen LogP contribution is 2.35. The van der Waals surface area contributed by atoms with Gasteiger partial charge in [-0.05, 0) is 31.1 Å². The van der Waals surface area contributed by atoms with Crippen molar-refractivity contribution in [1.29, 1.82) is 0 Å². The molecule has 0 bridgehead atoms. The van der Waals surface area contributed by atoms with E-state index in [2.05, 4.69) is 15.5 Å². The molecule has 0 spiro atoms. The van der Waals surface area contributed by atoms with Crippen LogP contribution in [0.4, 0.5) is 0 Å². The van der Waals surface area contributed by atoms with Gasteiger partial charge in [-0.3, -0.25) is 4.79 Å². The van der Waals surface area contributed by atoms with Gasteiger partial charge in [0.25, 0.3) is 5.91 Å². The number of H-pyrrole nitrogens is 1. The summed E-state index contributed by atoms with van der Waals surface area (Å²) in [5.74, 6) is 0.400. The molecule has 15 heavy (non-hydrogen) atoms. The lowest BCUT2D eigenvalue weighted by Gasteiger charge is -1.96. The Kier molecular flexibility index (Phi) is 1.74. The molecule has 3 rings (SSSR count). The van der Waals surface area contributed by atoms with Gasteiger partial charge in [0, 0.05) is 17.8 Å². The van der Waals surface area contributed by atoms with Crippen molar-refractivity contribution in [2.75, 3.05) is 0 Å². The van der Waals surface area contributed by atoms with Crippen molar-refractivity contribution < 1.29 is 4.79 Å². The Labute approximate surface area is 87.1 Å². The molecule has 1 aromatic heterocycles. The predicted molar refractivity (Wildman–Crippen MR) is 57.1 cm³/mol. The van der Waals surface area contributed by atoms with Crippen molar-refractivity contribution in [1.82, 2.24) is 10.4 Å². The zero-order valence-electron chi connectivity index (χ0n) is 8.16. The fraction of sp³-hybridized carbons (Fsp3) is 0.273.